The van der Waals surface area contributed by atoms with Crippen LogP contribution in [0.4, 0.5) is 0 Å². The molecule has 8 heteroatoms. The van der Waals surface area contributed by atoms with Crippen molar-refractivity contribution in [3.63, 3.8) is 0 Å². The second kappa shape index (κ2) is 10.1. The minimum absolute atomic E-state index is 0.327. The fraction of sp³-hybridized carbons (Fsp3) is 0.346. The second-order valence-electron chi connectivity index (χ2n) is 8.72. The molecule has 1 aliphatic carbocycles. The van der Waals surface area contributed by atoms with Gasteiger partial charge >= 0.3 is 0 Å². The molecule has 5 nitrogen and oxygen atoms in total. The number of aromatic nitrogens is 4. The predicted octanol–water partition coefficient (Wildman–Crippen LogP) is 8.55. The molecule has 0 unspecified atom stereocenters. The van der Waals surface area contributed by atoms with E-state index in [4.69, 9.17) is 44.3 Å². The summed E-state index contributed by atoms with van der Waals surface area (Å²) in [6.07, 6.45) is 7.58. The number of benzene rings is 2. The van der Waals surface area contributed by atoms with Gasteiger partial charge in [0.15, 0.2) is 5.69 Å². The van der Waals surface area contributed by atoms with Crippen LogP contribution in [-0.2, 0) is 6.42 Å². The smallest absolute Gasteiger partial charge is 0.268 e. The molecule has 5 rings (SSSR count). The average Bonchev–Trinajstić information content (AvgIpc) is 3.46. The maximum absolute atomic E-state index is 6.62. The third kappa shape index (κ3) is 4.61. The van der Waals surface area contributed by atoms with E-state index in [2.05, 4.69) is 17.1 Å². The molecule has 0 bridgehead atoms. The summed E-state index contributed by atoms with van der Waals surface area (Å²) >= 11 is 19.0. The minimum atomic E-state index is 0.327. The van der Waals surface area contributed by atoms with Crippen LogP contribution in [0.5, 0.6) is 0 Å². The van der Waals surface area contributed by atoms with Crippen molar-refractivity contribution in [3.05, 3.63) is 69.0 Å². The Bertz CT molecular complexity index is 1290. The number of hydrogen-bond donors (Lipinski definition) is 0. The van der Waals surface area contributed by atoms with Crippen molar-refractivity contribution in [3.8, 4) is 28.5 Å². The van der Waals surface area contributed by atoms with Gasteiger partial charge < -0.3 is 4.42 Å². The Morgan fingerprint density at radius 3 is 2.38 bits per heavy atom. The topological polar surface area (TPSA) is 56.7 Å². The summed E-state index contributed by atoms with van der Waals surface area (Å²) in [4.78, 5) is 0. The standard InChI is InChI=1S/C26H25Cl3N4O/c1-2-6-20-23(26-31-30-25(34-26)17-7-4-3-5-8-17)32-33(22-14-13-19(28)15-21(22)29)24(20)16-9-11-18(27)12-10-16/h9-15,17H,2-8H2,1H3. The summed E-state index contributed by atoms with van der Waals surface area (Å²) < 4.78 is 8.09. The SMILES string of the molecule is CCCc1c(-c2nnc(C3CCCCC3)o2)nn(-c2ccc(Cl)cc2Cl)c1-c1ccc(Cl)cc1. The predicted molar refractivity (Wildman–Crippen MR) is 137 cm³/mol. The Morgan fingerprint density at radius 1 is 0.941 bits per heavy atom. The molecule has 0 radical (unpaired) electrons. The molecule has 0 aliphatic heterocycles. The van der Waals surface area contributed by atoms with E-state index in [0.717, 1.165) is 48.2 Å². The van der Waals surface area contributed by atoms with Gasteiger partial charge in [-0.25, -0.2) is 4.68 Å². The molecule has 2 heterocycles. The van der Waals surface area contributed by atoms with Crippen LogP contribution in [0.1, 0.15) is 62.8 Å². The summed E-state index contributed by atoms with van der Waals surface area (Å²) in [6.45, 7) is 2.14. The van der Waals surface area contributed by atoms with E-state index >= 15 is 0 Å². The molecule has 1 saturated carbocycles. The second-order valence-corrected chi connectivity index (χ2v) is 10.0. The van der Waals surface area contributed by atoms with Gasteiger partial charge in [-0.3, -0.25) is 0 Å². The first-order chi connectivity index (χ1) is 16.5. The molecular weight excluding hydrogens is 491 g/mol. The molecular formula is C26H25Cl3N4O. The van der Waals surface area contributed by atoms with Gasteiger partial charge in [0.1, 0.15) is 0 Å². The zero-order chi connectivity index (χ0) is 23.7. The Labute approximate surface area is 214 Å². The van der Waals surface area contributed by atoms with Crippen LogP contribution in [0.3, 0.4) is 0 Å². The van der Waals surface area contributed by atoms with Crippen LogP contribution < -0.4 is 0 Å². The highest BCUT2D eigenvalue weighted by Crippen LogP contribution is 2.39. The van der Waals surface area contributed by atoms with Gasteiger partial charge in [0.2, 0.25) is 5.89 Å². The van der Waals surface area contributed by atoms with E-state index in [1.807, 2.05) is 41.1 Å². The normalized spacial score (nSPS) is 14.6. The average molecular weight is 516 g/mol. The zero-order valence-electron chi connectivity index (χ0n) is 18.9. The monoisotopic (exact) mass is 514 g/mol. The van der Waals surface area contributed by atoms with E-state index in [1.165, 1.54) is 19.3 Å². The summed E-state index contributed by atoms with van der Waals surface area (Å²) in [5.41, 5.74) is 4.36. The van der Waals surface area contributed by atoms with Gasteiger partial charge in [-0.2, -0.15) is 5.10 Å². The molecule has 4 aromatic rings. The van der Waals surface area contributed by atoms with Crippen molar-refractivity contribution < 1.29 is 4.42 Å². The van der Waals surface area contributed by atoms with Crippen LogP contribution in [0.25, 0.3) is 28.5 Å². The molecule has 176 valence electrons. The molecule has 0 spiro atoms. The van der Waals surface area contributed by atoms with Crippen molar-refractivity contribution in [1.29, 1.82) is 0 Å². The maximum Gasteiger partial charge on any atom is 0.268 e. The molecule has 0 N–H and O–H groups in total. The van der Waals surface area contributed by atoms with Crippen LogP contribution in [0, 0.1) is 0 Å². The first-order valence-corrected chi connectivity index (χ1v) is 12.9. The van der Waals surface area contributed by atoms with Crippen LogP contribution in [-0.4, -0.2) is 20.0 Å². The van der Waals surface area contributed by atoms with Crippen LogP contribution in [0.2, 0.25) is 15.1 Å². The van der Waals surface area contributed by atoms with Gasteiger partial charge in [0.05, 0.1) is 16.4 Å². The Morgan fingerprint density at radius 2 is 1.68 bits per heavy atom. The van der Waals surface area contributed by atoms with Gasteiger partial charge in [-0.1, -0.05) is 79.5 Å². The maximum atomic E-state index is 6.62. The van der Waals surface area contributed by atoms with E-state index in [0.29, 0.717) is 38.5 Å². The zero-order valence-corrected chi connectivity index (χ0v) is 21.2. The van der Waals surface area contributed by atoms with Crippen LogP contribution >= 0.6 is 34.8 Å². The van der Waals surface area contributed by atoms with Crippen molar-refractivity contribution in [1.82, 2.24) is 20.0 Å². The van der Waals surface area contributed by atoms with E-state index in [-0.39, 0.29) is 0 Å². The number of rotatable bonds is 6. The summed E-state index contributed by atoms with van der Waals surface area (Å²) in [5, 5.41) is 15.6. The molecule has 0 atom stereocenters. The summed E-state index contributed by atoms with van der Waals surface area (Å²) in [5.74, 6) is 1.49. The summed E-state index contributed by atoms with van der Waals surface area (Å²) in [6, 6.07) is 13.1. The highest BCUT2D eigenvalue weighted by Gasteiger charge is 2.27. The van der Waals surface area contributed by atoms with E-state index in [1.54, 1.807) is 6.07 Å². The van der Waals surface area contributed by atoms with Gasteiger partial charge in [-0.15, -0.1) is 10.2 Å². The van der Waals surface area contributed by atoms with E-state index in [9.17, 15) is 0 Å². The van der Waals surface area contributed by atoms with Gasteiger partial charge in [-0.05, 0) is 49.6 Å². The molecule has 2 aromatic heterocycles. The Balaban J connectivity index is 1.69. The Kier molecular flexibility index (Phi) is 6.96. The fourth-order valence-corrected chi connectivity index (χ4v) is 5.30. The largest absolute Gasteiger partial charge is 0.419 e. The van der Waals surface area contributed by atoms with Gasteiger partial charge in [0.25, 0.3) is 5.89 Å². The lowest BCUT2D eigenvalue weighted by atomic mass is 9.89. The van der Waals surface area contributed by atoms with Crippen LogP contribution in [0.15, 0.2) is 46.9 Å². The first-order valence-electron chi connectivity index (χ1n) is 11.7. The first kappa shape index (κ1) is 23.4. The molecule has 1 fully saturated rings. The van der Waals surface area contributed by atoms with E-state index < -0.39 is 0 Å². The molecule has 1 aliphatic rings. The molecule has 2 aromatic carbocycles. The quantitative estimate of drug-likeness (QED) is 0.258. The third-order valence-corrected chi connectivity index (χ3v) is 7.13. The number of halogens is 3. The van der Waals surface area contributed by atoms with Crippen molar-refractivity contribution >= 4 is 34.8 Å². The molecule has 0 amide bonds. The van der Waals surface area contributed by atoms with Crippen molar-refractivity contribution in [2.75, 3.05) is 0 Å². The van der Waals surface area contributed by atoms with Crippen molar-refractivity contribution in [2.24, 2.45) is 0 Å². The van der Waals surface area contributed by atoms with Gasteiger partial charge in [0, 0.05) is 27.1 Å². The highest BCUT2D eigenvalue weighted by atomic mass is 35.5. The lowest BCUT2D eigenvalue weighted by Gasteiger charge is -2.17. The minimum Gasteiger partial charge on any atom is -0.419 e. The highest BCUT2D eigenvalue weighted by molar-refractivity contribution is 6.35. The fourth-order valence-electron chi connectivity index (χ4n) is 4.69. The lowest BCUT2D eigenvalue weighted by molar-refractivity contribution is 0.366. The molecule has 0 saturated heterocycles. The van der Waals surface area contributed by atoms with Crippen molar-refractivity contribution in [2.45, 2.75) is 57.8 Å². The molecule has 34 heavy (non-hydrogen) atoms. The number of nitrogens with zero attached hydrogens (tertiary/aromatic N) is 4. The number of hydrogen-bond acceptors (Lipinski definition) is 4. The third-order valence-electron chi connectivity index (χ3n) is 6.34. The Hall–Kier alpha value is -2.34. The summed E-state index contributed by atoms with van der Waals surface area (Å²) in [7, 11) is 0. The lowest BCUT2D eigenvalue weighted by Crippen LogP contribution is -2.04.